The van der Waals surface area contributed by atoms with Crippen molar-refractivity contribution in [2.24, 2.45) is 5.14 Å². The highest BCUT2D eigenvalue weighted by molar-refractivity contribution is 7.89. The predicted octanol–water partition coefficient (Wildman–Crippen LogP) is 0.896. The molecule has 0 aliphatic carbocycles. The lowest BCUT2D eigenvalue weighted by Gasteiger charge is -2.01. The molecule has 2 N–H and O–H groups in total. The summed E-state index contributed by atoms with van der Waals surface area (Å²) in [7, 11) is -4.18. The Morgan fingerprint density at radius 3 is 2.36 bits per heavy atom. The molecular formula is C6H5ClN2O4S. The van der Waals surface area contributed by atoms with E-state index in [0.717, 1.165) is 6.07 Å². The number of benzene rings is 1. The Hall–Kier alpha value is -1.18. The van der Waals surface area contributed by atoms with Gasteiger partial charge in [-0.1, -0.05) is 17.7 Å². The summed E-state index contributed by atoms with van der Waals surface area (Å²) in [5, 5.41) is 15.0. The zero-order valence-electron chi connectivity index (χ0n) is 6.68. The lowest BCUT2D eigenvalue weighted by atomic mass is 10.3. The van der Waals surface area contributed by atoms with Gasteiger partial charge in [0.15, 0.2) is 4.90 Å². The first-order chi connectivity index (χ1) is 6.34. The van der Waals surface area contributed by atoms with Crippen molar-refractivity contribution in [2.45, 2.75) is 4.90 Å². The van der Waals surface area contributed by atoms with E-state index in [1.807, 2.05) is 0 Å². The first-order valence-electron chi connectivity index (χ1n) is 3.29. The van der Waals surface area contributed by atoms with Gasteiger partial charge in [-0.3, -0.25) is 10.1 Å². The summed E-state index contributed by atoms with van der Waals surface area (Å²) >= 11 is 5.49. The molecule has 1 rings (SSSR count). The van der Waals surface area contributed by atoms with Crippen LogP contribution < -0.4 is 5.14 Å². The fourth-order valence-corrected chi connectivity index (χ4v) is 2.19. The van der Waals surface area contributed by atoms with E-state index in [4.69, 9.17) is 16.7 Å². The molecule has 14 heavy (non-hydrogen) atoms. The third kappa shape index (κ3) is 2.00. The number of primary sulfonamides is 1. The Kier molecular flexibility index (Phi) is 2.74. The molecular weight excluding hydrogens is 232 g/mol. The molecule has 0 heterocycles. The molecule has 0 bridgehead atoms. The molecule has 0 amide bonds. The van der Waals surface area contributed by atoms with Gasteiger partial charge in [-0.25, -0.2) is 13.6 Å². The van der Waals surface area contributed by atoms with Gasteiger partial charge in [0.05, 0.1) is 9.95 Å². The third-order valence-electron chi connectivity index (χ3n) is 1.43. The van der Waals surface area contributed by atoms with Crippen molar-refractivity contribution in [3.63, 3.8) is 0 Å². The fourth-order valence-electron chi connectivity index (χ4n) is 0.923. The first kappa shape index (κ1) is 10.9. The molecule has 0 atom stereocenters. The summed E-state index contributed by atoms with van der Waals surface area (Å²) in [6, 6.07) is 3.51. The second-order valence-corrected chi connectivity index (χ2v) is 4.30. The molecule has 1 aromatic rings. The number of halogens is 1. The first-order valence-corrected chi connectivity index (χ1v) is 5.22. The van der Waals surface area contributed by atoms with Crippen LogP contribution in [0.2, 0.25) is 5.02 Å². The van der Waals surface area contributed by atoms with E-state index in [1.165, 1.54) is 12.1 Å². The Balaban J connectivity index is 3.62. The maximum absolute atomic E-state index is 11.0. The standard InChI is InChI=1S/C6H5ClN2O4S/c7-4-2-1-3-5(9(10)11)6(4)14(8,12)13/h1-3H,(H2,8,12,13). The van der Waals surface area contributed by atoms with E-state index in [2.05, 4.69) is 0 Å². The Labute approximate surface area is 84.5 Å². The molecule has 0 saturated carbocycles. The number of nitrogens with zero attached hydrogens (tertiary/aromatic N) is 1. The van der Waals surface area contributed by atoms with Crippen LogP contribution in [0.3, 0.4) is 0 Å². The van der Waals surface area contributed by atoms with Crippen molar-refractivity contribution >= 4 is 27.3 Å². The van der Waals surface area contributed by atoms with E-state index < -0.39 is 25.5 Å². The second kappa shape index (κ2) is 3.52. The molecule has 1 aromatic carbocycles. The molecule has 0 aliphatic rings. The van der Waals surface area contributed by atoms with E-state index in [-0.39, 0.29) is 5.02 Å². The minimum absolute atomic E-state index is 0.262. The van der Waals surface area contributed by atoms with Crippen LogP contribution in [0, 0.1) is 10.1 Å². The molecule has 0 radical (unpaired) electrons. The number of rotatable bonds is 2. The average molecular weight is 237 g/mol. The van der Waals surface area contributed by atoms with Crippen LogP contribution in [0.25, 0.3) is 0 Å². The summed E-state index contributed by atoms with van der Waals surface area (Å²) in [4.78, 5) is 8.93. The lowest BCUT2D eigenvalue weighted by Crippen LogP contribution is -2.14. The molecule has 0 aromatic heterocycles. The van der Waals surface area contributed by atoms with E-state index >= 15 is 0 Å². The number of sulfonamides is 1. The average Bonchev–Trinajstić information content (AvgIpc) is 2.01. The second-order valence-electron chi connectivity index (χ2n) is 2.39. The summed E-state index contributed by atoms with van der Waals surface area (Å²) in [6.07, 6.45) is 0. The van der Waals surface area contributed by atoms with Crippen LogP contribution in [0.5, 0.6) is 0 Å². The SMILES string of the molecule is NS(=O)(=O)c1c(Cl)cccc1[N+](=O)[O-]. The van der Waals surface area contributed by atoms with Gasteiger partial charge in [0, 0.05) is 6.07 Å². The monoisotopic (exact) mass is 236 g/mol. The van der Waals surface area contributed by atoms with Gasteiger partial charge < -0.3 is 0 Å². The number of hydrogen-bond donors (Lipinski definition) is 1. The topological polar surface area (TPSA) is 103 Å². The lowest BCUT2D eigenvalue weighted by molar-refractivity contribution is -0.387. The number of nitro groups is 1. The van der Waals surface area contributed by atoms with Crippen molar-refractivity contribution in [3.8, 4) is 0 Å². The van der Waals surface area contributed by atoms with Gasteiger partial charge in [-0.2, -0.15) is 0 Å². The Morgan fingerprint density at radius 1 is 1.43 bits per heavy atom. The van der Waals surface area contributed by atoms with Gasteiger partial charge in [-0.15, -0.1) is 0 Å². The molecule has 8 heteroatoms. The molecule has 6 nitrogen and oxygen atoms in total. The predicted molar refractivity (Wildman–Crippen MR) is 49.5 cm³/mol. The van der Waals surface area contributed by atoms with Crippen LogP contribution in [0.4, 0.5) is 5.69 Å². The van der Waals surface area contributed by atoms with Crippen LogP contribution in [0.1, 0.15) is 0 Å². The molecule has 0 aliphatic heterocycles. The van der Waals surface area contributed by atoms with Gasteiger partial charge in [-0.05, 0) is 6.07 Å². The summed E-state index contributed by atoms with van der Waals surface area (Å²) in [5.41, 5.74) is -0.625. The quantitative estimate of drug-likeness (QED) is 0.608. The molecule has 0 saturated heterocycles. The summed E-state index contributed by atoms with van der Waals surface area (Å²) in [6.45, 7) is 0. The third-order valence-corrected chi connectivity index (χ3v) is 2.85. The Morgan fingerprint density at radius 2 is 2.00 bits per heavy atom. The van der Waals surface area contributed by atoms with Gasteiger partial charge in [0.2, 0.25) is 10.0 Å². The maximum atomic E-state index is 11.0. The van der Waals surface area contributed by atoms with E-state index in [9.17, 15) is 18.5 Å². The van der Waals surface area contributed by atoms with Crippen LogP contribution in [-0.4, -0.2) is 13.3 Å². The zero-order chi connectivity index (χ0) is 10.9. The number of nitro benzene ring substituents is 1. The number of hydrogen-bond acceptors (Lipinski definition) is 4. The minimum Gasteiger partial charge on any atom is -0.258 e. The largest absolute Gasteiger partial charge is 0.290 e. The van der Waals surface area contributed by atoms with Crippen molar-refractivity contribution in [3.05, 3.63) is 33.3 Å². The van der Waals surface area contributed by atoms with Crippen LogP contribution in [0.15, 0.2) is 23.1 Å². The van der Waals surface area contributed by atoms with Crippen molar-refractivity contribution in [2.75, 3.05) is 0 Å². The van der Waals surface area contributed by atoms with E-state index in [0.29, 0.717) is 0 Å². The summed E-state index contributed by atoms with van der Waals surface area (Å²) < 4.78 is 21.9. The van der Waals surface area contributed by atoms with Gasteiger partial charge in [0.25, 0.3) is 5.69 Å². The highest BCUT2D eigenvalue weighted by Gasteiger charge is 2.25. The molecule has 0 spiro atoms. The molecule has 0 fully saturated rings. The van der Waals surface area contributed by atoms with Gasteiger partial charge in [0.1, 0.15) is 0 Å². The molecule has 76 valence electrons. The van der Waals surface area contributed by atoms with E-state index in [1.54, 1.807) is 0 Å². The highest BCUT2D eigenvalue weighted by Crippen LogP contribution is 2.29. The van der Waals surface area contributed by atoms with Crippen molar-refractivity contribution in [1.29, 1.82) is 0 Å². The Bertz CT molecular complexity index is 485. The maximum Gasteiger partial charge on any atom is 0.290 e. The normalized spacial score (nSPS) is 11.3. The van der Waals surface area contributed by atoms with Gasteiger partial charge >= 0.3 is 0 Å². The number of nitrogens with two attached hydrogens (primary N) is 1. The molecule has 0 unspecified atom stereocenters. The van der Waals surface area contributed by atoms with Crippen LogP contribution >= 0.6 is 11.6 Å². The minimum atomic E-state index is -4.18. The van der Waals surface area contributed by atoms with Crippen LogP contribution in [-0.2, 0) is 10.0 Å². The zero-order valence-corrected chi connectivity index (χ0v) is 8.25. The summed E-state index contributed by atoms with van der Waals surface area (Å²) in [5.74, 6) is 0. The van der Waals surface area contributed by atoms with Crippen molar-refractivity contribution < 1.29 is 13.3 Å². The van der Waals surface area contributed by atoms with Crippen molar-refractivity contribution in [1.82, 2.24) is 0 Å². The highest BCUT2D eigenvalue weighted by atomic mass is 35.5. The smallest absolute Gasteiger partial charge is 0.258 e. The fraction of sp³-hybridized carbons (Fsp3) is 0.